The Hall–Kier alpha value is -2.05. The average Bonchev–Trinajstić information content (AvgIpc) is 2.60. The van der Waals surface area contributed by atoms with Crippen molar-refractivity contribution in [2.45, 2.75) is 0 Å². The molecule has 2 rings (SSSR count). The zero-order chi connectivity index (χ0) is 11.0. The summed E-state index contributed by atoms with van der Waals surface area (Å²) in [7, 11) is 0. The quantitative estimate of drug-likeness (QED) is 0.736. The predicted octanol–water partition coefficient (Wildman–Crippen LogP) is 1.74. The molecule has 0 amide bonds. The van der Waals surface area contributed by atoms with Crippen LogP contribution in [0.15, 0.2) is 16.7 Å². The number of hydrogen-bond acceptors (Lipinski definition) is 4. The monoisotopic (exact) mass is 215 g/mol. The average molecular weight is 215 g/mol. The van der Waals surface area contributed by atoms with Gasteiger partial charge in [0.2, 0.25) is 0 Å². The van der Waals surface area contributed by atoms with Crippen molar-refractivity contribution in [3.63, 3.8) is 0 Å². The SMILES string of the molecule is Nc1noc(-c2cc(F)c(F)c(F)c2)n1. The minimum Gasteiger partial charge on any atom is -0.365 e. The highest BCUT2D eigenvalue weighted by atomic mass is 19.2. The van der Waals surface area contributed by atoms with Crippen LogP contribution in [-0.4, -0.2) is 10.1 Å². The highest BCUT2D eigenvalue weighted by molar-refractivity contribution is 5.54. The van der Waals surface area contributed by atoms with Crippen molar-refractivity contribution in [3.05, 3.63) is 29.6 Å². The van der Waals surface area contributed by atoms with Gasteiger partial charge < -0.3 is 10.3 Å². The van der Waals surface area contributed by atoms with E-state index in [1.165, 1.54) is 0 Å². The van der Waals surface area contributed by atoms with E-state index in [4.69, 9.17) is 5.73 Å². The molecular weight excluding hydrogens is 211 g/mol. The number of hydrogen-bond donors (Lipinski definition) is 1. The Balaban J connectivity index is 2.55. The molecule has 0 aliphatic heterocycles. The van der Waals surface area contributed by atoms with Crippen LogP contribution in [0.4, 0.5) is 19.1 Å². The van der Waals surface area contributed by atoms with E-state index >= 15 is 0 Å². The van der Waals surface area contributed by atoms with Crippen LogP contribution in [-0.2, 0) is 0 Å². The summed E-state index contributed by atoms with van der Waals surface area (Å²) in [6.07, 6.45) is 0. The van der Waals surface area contributed by atoms with E-state index in [9.17, 15) is 13.2 Å². The maximum absolute atomic E-state index is 12.8. The Bertz CT molecular complexity index is 489. The molecule has 1 aromatic carbocycles. The van der Waals surface area contributed by atoms with Gasteiger partial charge in [-0.2, -0.15) is 4.98 Å². The number of nitrogens with two attached hydrogens (primary N) is 1. The zero-order valence-corrected chi connectivity index (χ0v) is 7.17. The molecule has 0 radical (unpaired) electrons. The number of rotatable bonds is 1. The molecule has 0 bridgehead atoms. The van der Waals surface area contributed by atoms with Crippen LogP contribution in [0.1, 0.15) is 0 Å². The second-order valence-electron chi connectivity index (χ2n) is 2.71. The lowest BCUT2D eigenvalue weighted by atomic mass is 10.2. The van der Waals surface area contributed by atoms with Crippen LogP contribution in [0.2, 0.25) is 0 Å². The fraction of sp³-hybridized carbons (Fsp3) is 0. The standard InChI is InChI=1S/C8H4F3N3O/c9-4-1-3(2-5(10)6(4)11)7-13-8(12)14-15-7/h1-2H,(H2,12,14). The number of nitrogens with zero attached hydrogens (tertiary/aromatic N) is 2. The van der Waals surface area contributed by atoms with Gasteiger partial charge in [0.05, 0.1) is 0 Å². The zero-order valence-electron chi connectivity index (χ0n) is 7.17. The molecule has 0 fully saturated rings. The summed E-state index contributed by atoms with van der Waals surface area (Å²) in [5.41, 5.74) is 5.07. The third-order valence-electron chi connectivity index (χ3n) is 1.67. The Morgan fingerprint density at radius 1 is 1.13 bits per heavy atom. The summed E-state index contributed by atoms with van der Waals surface area (Å²) >= 11 is 0. The summed E-state index contributed by atoms with van der Waals surface area (Å²) in [5, 5.41) is 3.23. The van der Waals surface area contributed by atoms with Crippen LogP contribution < -0.4 is 5.73 Å². The molecule has 1 heterocycles. The maximum Gasteiger partial charge on any atom is 0.261 e. The van der Waals surface area contributed by atoms with E-state index in [0.29, 0.717) is 0 Å². The number of anilines is 1. The molecule has 0 atom stereocenters. The van der Waals surface area contributed by atoms with Crippen molar-refractivity contribution in [2.75, 3.05) is 5.73 Å². The van der Waals surface area contributed by atoms with Gasteiger partial charge in [-0.1, -0.05) is 0 Å². The van der Waals surface area contributed by atoms with Gasteiger partial charge in [-0.25, -0.2) is 13.2 Å². The lowest BCUT2D eigenvalue weighted by Crippen LogP contribution is -1.92. The third-order valence-corrected chi connectivity index (χ3v) is 1.67. The van der Waals surface area contributed by atoms with Gasteiger partial charge in [0.25, 0.3) is 11.8 Å². The molecule has 4 nitrogen and oxygen atoms in total. The van der Waals surface area contributed by atoms with Gasteiger partial charge in [-0.15, -0.1) is 0 Å². The van der Waals surface area contributed by atoms with E-state index in [0.717, 1.165) is 12.1 Å². The first-order chi connectivity index (χ1) is 7.08. The van der Waals surface area contributed by atoms with Crippen LogP contribution in [0.25, 0.3) is 11.5 Å². The minimum absolute atomic E-state index is 0.0735. The fourth-order valence-corrected chi connectivity index (χ4v) is 1.03. The van der Waals surface area contributed by atoms with E-state index in [1.807, 2.05) is 0 Å². The summed E-state index contributed by atoms with van der Waals surface area (Å²) in [6, 6.07) is 1.48. The molecular formula is C8H4F3N3O. The number of halogens is 3. The predicted molar refractivity (Wildman–Crippen MR) is 44.0 cm³/mol. The topological polar surface area (TPSA) is 64.9 Å². The van der Waals surface area contributed by atoms with Crippen molar-refractivity contribution in [1.82, 2.24) is 10.1 Å². The van der Waals surface area contributed by atoms with Gasteiger partial charge in [0.1, 0.15) is 0 Å². The van der Waals surface area contributed by atoms with Gasteiger partial charge in [0.15, 0.2) is 17.5 Å². The van der Waals surface area contributed by atoms with E-state index < -0.39 is 17.5 Å². The third kappa shape index (κ3) is 1.63. The lowest BCUT2D eigenvalue weighted by molar-refractivity contribution is 0.427. The van der Waals surface area contributed by atoms with Gasteiger partial charge in [0, 0.05) is 5.56 Å². The Kier molecular flexibility index (Phi) is 2.07. The molecule has 1 aromatic heterocycles. The smallest absolute Gasteiger partial charge is 0.261 e. The first-order valence-corrected chi connectivity index (χ1v) is 3.82. The molecule has 0 saturated carbocycles. The van der Waals surface area contributed by atoms with Crippen LogP contribution in [0.5, 0.6) is 0 Å². The molecule has 0 aliphatic rings. The fourth-order valence-electron chi connectivity index (χ4n) is 1.03. The molecule has 2 N–H and O–H groups in total. The molecule has 7 heteroatoms. The van der Waals surface area contributed by atoms with Crippen molar-refractivity contribution < 1.29 is 17.7 Å². The summed E-state index contributed by atoms with van der Waals surface area (Å²) in [6.45, 7) is 0. The van der Waals surface area contributed by atoms with E-state index in [-0.39, 0.29) is 17.4 Å². The highest BCUT2D eigenvalue weighted by Crippen LogP contribution is 2.22. The van der Waals surface area contributed by atoms with Crippen LogP contribution >= 0.6 is 0 Å². The van der Waals surface area contributed by atoms with Crippen molar-refractivity contribution >= 4 is 5.95 Å². The molecule has 2 aromatic rings. The van der Waals surface area contributed by atoms with E-state index in [1.54, 1.807) is 0 Å². The number of aromatic nitrogens is 2. The second kappa shape index (κ2) is 3.26. The minimum atomic E-state index is -1.55. The molecule has 0 spiro atoms. The summed E-state index contributed by atoms with van der Waals surface area (Å²) in [4.78, 5) is 3.54. The Morgan fingerprint density at radius 3 is 2.20 bits per heavy atom. The molecule has 15 heavy (non-hydrogen) atoms. The number of benzene rings is 1. The molecule has 78 valence electrons. The first-order valence-electron chi connectivity index (χ1n) is 3.82. The Morgan fingerprint density at radius 2 is 1.73 bits per heavy atom. The number of nitrogen functional groups attached to an aromatic ring is 1. The van der Waals surface area contributed by atoms with Crippen molar-refractivity contribution in [1.29, 1.82) is 0 Å². The second-order valence-corrected chi connectivity index (χ2v) is 2.71. The maximum atomic E-state index is 12.8. The first kappa shape index (κ1) is 9.50. The summed E-state index contributed by atoms with van der Waals surface area (Å²) in [5.74, 6) is -4.56. The lowest BCUT2D eigenvalue weighted by Gasteiger charge is -1.97. The largest absolute Gasteiger partial charge is 0.365 e. The van der Waals surface area contributed by atoms with Crippen LogP contribution in [0.3, 0.4) is 0 Å². The van der Waals surface area contributed by atoms with Crippen molar-refractivity contribution in [3.8, 4) is 11.5 Å². The molecule has 0 aliphatic carbocycles. The molecule has 0 unspecified atom stereocenters. The summed E-state index contributed by atoms with van der Waals surface area (Å²) < 4.78 is 42.7. The van der Waals surface area contributed by atoms with E-state index in [2.05, 4.69) is 14.7 Å². The van der Waals surface area contributed by atoms with Gasteiger partial charge in [-0.05, 0) is 17.3 Å². The van der Waals surface area contributed by atoms with Gasteiger partial charge in [-0.3, -0.25) is 0 Å². The van der Waals surface area contributed by atoms with Crippen molar-refractivity contribution in [2.24, 2.45) is 0 Å². The molecule has 0 saturated heterocycles. The van der Waals surface area contributed by atoms with Crippen LogP contribution in [0, 0.1) is 17.5 Å². The van der Waals surface area contributed by atoms with Gasteiger partial charge >= 0.3 is 0 Å². The normalized spacial score (nSPS) is 10.6. The Labute approximate surface area is 81.5 Å². The highest BCUT2D eigenvalue weighted by Gasteiger charge is 2.14.